The summed E-state index contributed by atoms with van der Waals surface area (Å²) in [4.78, 5) is 21.5. The van der Waals surface area contributed by atoms with Crippen molar-refractivity contribution in [3.05, 3.63) is 41.2 Å². The Morgan fingerprint density at radius 3 is 2.69 bits per heavy atom. The zero-order valence-corrected chi connectivity index (χ0v) is 15.5. The molecule has 138 valence electrons. The average molecular weight is 374 g/mol. The van der Waals surface area contributed by atoms with Crippen LogP contribution < -0.4 is 5.32 Å². The van der Waals surface area contributed by atoms with Crippen molar-refractivity contribution in [3.8, 4) is 10.6 Å². The van der Waals surface area contributed by atoms with E-state index in [0.29, 0.717) is 0 Å². The van der Waals surface area contributed by atoms with Crippen molar-refractivity contribution in [1.29, 1.82) is 0 Å². The highest BCUT2D eigenvalue weighted by Crippen LogP contribution is 2.24. The predicted octanol–water partition coefficient (Wildman–Crippen LogP) is 2.35. The first-order chi connectivity index (χ1) is 12.7. The van der Waals surface area contributed by atoms with Gasteiger partial charge in [0.25, 0.3) is 0 Å². The lowest BCUT2D eigenvalue weighted by Gasteiger charge is -2.35. The van der Waals surface area contributed by atoms with Gasteiger partial charge in [0.05, 0.1) is 11.7 Å². The van der Waals surface area contributed by atoms with Crippen LogP contribution in [0.5, 0.6) is 0 Å². The quantitative estimate of drug-likeness (QED) is 0.893. The number of amides is 1. The first-order valence-electron chi connectivity index (χ1n) is 9.14. The predicted molar refractivity (Wildman–Crippen MR) is 100 cm³/mol. The maximum Gasteiger partial charge on any atom is 0.239 e. The standard InChI is InChI=1S/C19H23FN4OS/c20-15-5-3-14(4-6-15)18-22-16(13-26-18)12-23-8-10-24(11-9-23)19(25)17-2-1-7-21-17/h3-6,13,17,21H,1-2,7-12H2. The molecular weight excluding hydrogens is 351 g/mol. The lowest BCUT2D eigenvalue weighted by atomic mass is 10.2. The minimum absolute atomic E-state index is 0.0263. The summed E-state index contributed by atoms with van der Waals surface area (Å²) in [6.07, 6.45) is 2.06. The van der Waals surface area contributed by atoms with Gasteiger partial charge in [-0.2, -0.15) is 0 Å². The second kappa shape index (κ2) is 7.82. The molecule has 5 nitrogen and oxygen atoms in total. The Morgan fingerprint density at radius 1 is 1.23 bits per heavy atom. The van der Waals surface area contributed by atoms with Crippen molar-refractivity contribution < 1.29 is 9.18 Å². The Hall–Kier alpha value is -1.83. The van der Waals surface area contributed by atoms with Crippen LogP contribution in [0, 0.1) is 5.82 Å². The van der Waals surface area contributed by atoms with Crippen LogP contribution in [0.2, 0.25) is 0 Å². The molecule has 2 aliphatic rings. The monoisotopic (exact) mass is 374 g/mol. The molecule has 2 saturated heterocycles. The molecule has 0 spiro atoms. The maximum atomic E-state index is 13.0. The molecule has 1 aromatic heterocycles. The summed E-state index contributed by atoms with van der Waals surface area (Å²) in [5.41, 5.74) is 1.98. The molecule has 26 heavy (non-hydrogen) atoms. The molecule has 0 bridgehead atoms. The minimum atomic E-state index is -0.231. The third kappa shape index (κ3) is 3.95. The topological polar surface area (TPSA) is 48.5 Å². The summed E-state index contributed by atoms with van der Waals surface area (Å²) in [7, 11) is 0. The minimum Gasteiger partial charge on any atom is -0.339 e. The zero-order valence-electron chi connectivity index (χ0n) is 14.7. The molecule has 1 amide bonds. The Bertz CT molecular complexity index is 749. The number of benzene rings is 1. The number of thiazole rings is 1. The first-order valence-corrected chi connectivity index (χ1v) is 10.0. The van der Waals surface area contributed by atoms with Crippen LogP contribution in [0.4, 0.5) is 4.39 Å². The number of hydrogen-bond donors (Lipinski definition) is 1. The van der Waals surface area contributed by atoms with E-state index >= 15 is 0 Å². The number of nitrogens with one attached hydrogen (secondary N) is 1. The van der Waals surface area contributed by atoms with Gasteiger partial charge in [-0.05, 0) is 43.7 Å². The number of halogens is 1. The van der Waals surface area contributed by atoms with Crippen molar-refractivity contribution in [3.63, 3.8) is 0 Å². The second-order valence-corrected chi connectivity index (χ2v) is 7.76. The number of nitrogens with zero attached hydrogens (tertiary/aromatic N) is 3. The van der Waals surface area contributed by atoms with Crippen LogP contribution in [0.15, 0.2) is 29.6 Å². The molecule has 2 aromatic rings. The van der Waals surface area contributed by atoms with Gasteiger partial charge in [-0.15, -0.1) is 11.3 Å². The van der Waals surface area contributed by atoms with Crippen LogP contribution >= 0.6 is 11.3 Å². The third-order valence-corrected chi connectivity index (χ3v) is 6.01. The highest BCUT2D eigenvalue weighted by Gasteiger charge is 2.29. The molecule has 3 heterocycles. The highest BCUT2D eigenvalue weighted by molar-refractivity contribution is 7.13. The van der Waals surface area contributed by atoms with Gasteiger partial charge >= 0.3 is 0 Å². The van der Waals surface area contributed by atoms with Gasteiger partial charge in [0.15, 0.2) is 0 Å². The van der Waals surface area contributed by atoms with E-state index in [-0.39, 0.29) is 17.8 Å². The molecule has 2 fully saturated rings. The van der Waals surface area contributed by atoms with Crippen LogP contribution in [0.1, 0.15) is 18.5 Å². The Morgan fingerprint density at radius 2 is 2.00 bits per heavy atom. The molecule has 0 radical (unpaired) electrons. The van der Waals surface area contributed by atoms with Crippen molar-refractivity contribution in [1.82, 2.24) is 20.1 Å². The van der Waals surface area contributed by atoms with Gasteiger partial charge in [-0.1, -0.05) is 0 Å². The second-order valence-electron chi connectivity index (χ2n) is 6.90. The fourth-order valence-electron chi connectivity index (χ4n) is 3.58. The Labute approximate surface area is 156 Å². The van der Waals surface area contributed by atoms with Crippen molar-refractivity contribution in [2.75, 3.05) is 32.7 Å². The van der Waals surface area contributed by atoms with Gasteiger partial charge in [0.2, 0.25) is 5.91 Å². The lowest BCUT2D eigenvalue weighted by molar-refractivity contribution is -0.134. The van der Waals surface area contributed by atoms with E-state index in [0.717, 1.165) is 68.4 Å². The van der Waals surface area contributed by atoms with Crippen molar-refractivity contribution in [2.24, 2.45) is 0 Å². The van der Waals surface area contributed by atoms with Crippen LogP contribution in [-0.4, -0.2) is 59.5 Å². The van der Waals surface area contributed by atoms with E-state index in [4.69, 9.17) is 0 Å². The largest absolute Gasteiger partial charge is 0.339 e. The van der Waals surface area contributed by atoms with E-state index < -0.39 is 0 Å². The van der Waals surface area contributed by atoms with Gasteiger partial charge in [-0.25, -0.2) is 9.37 Å². The normalized spacial score (nSPS) is 21.3. The summed E-state index contributed by atoms with van der Waals surface area (Å²) in [6, 6.07) is 6.48. The number of hydrogen-bond acceptors (Lipinski definition) is 5. The SMILES string of the molecule is O=C(C1CCCN1)N1CCN(Cc2csc(-c3ccc(F)cc3)n2)CC1. The molecule has 4 rings (SSSR count). The summed E-state index contributed by atoms with van der Waals surface area (Å²) < 4.78 is 13.0. The van der Waals surface area contributed by atoms with E-state index in [1.165, 1.54) is 12.1 Å². The number of piperazine rings is 1. The Balaban J connectivity index is 1.30. The summed E-state index contributed by atoms with van der Waals surface area (Å²) in [5, 5.41) is 6.28. The van der Waals surface area contributed by atoms with E-state index in [2.05, 4.69) is 20.6 Å². The van der Waals surface area contributed by atoms with Gasteiger partial charge in [-0.3, -0.25) is 9.69 Å². The van der Waals surface area contributed by atoms with Gasteiger partial charge < -0.3 is 10.2 Å². The Kier molecular flexibility index (Phi) is 5.28. The number of carbonyl (C=O) groups is 1. The van der Waals surface area contributed by atoms with E-state index in [9.17, 15) is 9.18 Å². The van der Waals surface area contributed by atoms with Crippen LogP contribution in [0.3, 0.4) is 0 Å². The van der Waals surface area contributed by atoms with Crippen molar-refractivity contribution in [2.45, 2.75) is 25.4 Å². The molecule has 7 heteroatoms. The van der Waals surface area contributed by atoms with Gasteiger partial charge in [0, 0.05) is 43.7 Å². The number of carbonyl (C=O) groups excluding carboxylic acids is 1. The third-order valence-electron chi connectivity index (χ3n) is 5.07. The average Bonchev–Trinajstić information content (AvgIpc) is 3.35. The fraction of sp³-hybridized carbons (Fsp3) is 0.474. The van der Waals surface area contributed by atoms with Crippen LogP contribution in [0.25, 0.3) is 10.6 Å². The molecule has 2 aliphatic heterocycles. The molecule has 0 saturated carbocycles. The number of rotatable bonds is 4. The molecule has 0 aliphatic carbocycles. The van der Waals surface area contributed by atoms with Crippen LogP contribution in [-0.2, 0) is 11.3 Å². The summed E-state index contributed by atoms with van der Waals surface area (Å²) >= 11 is 1.59. The number of aromatic nitrogens is 1. The van der Waals surface area contributed by atoms with Gasteiger partial charge in [0.1, 0.15) is 10.8 Å². The molecule has 1 atom stereocenters. The highest BCUT2D eigenvalue weighted by atomic mass is 32.1. The summed E-state index contributed by atoms with van der Waals surface area (Å²) in [5.74, 6) is 0.0279. The van der Waals surface area contributed by atoms with E-state index in [1.54, 1.807) is 23.5 Å². The smallest absolute Gasteiger partial charge is 0.239 e. The van der Waals surface area contributed by atoms with E-state index in [1.807, 2.05) is 4.90 Å². The maximum absolute atomic E-state index is 13.0. The molecular formula is C19H23FN4OS. The first kappa shape index (κ1) is 17.6. The molecule has 1 N–H and O–H groups in total. The molecule has 1 aromatic carbocycles. The molecule has 1 unspecified atom stereocenters. The summed E-state index contributed by atoms with van der Waals surface area (Å²) in [6.45, 7) is 5.07. The zero-order chi connectivity index (χ0) is 17.9. The lowest BCUT2D eigenvalue weighted by Crippen LogP contribution is -2.52. The fourth-order valence-corrected chi connectivity index (χ4v) is 4.39. The van der Waals surface area contributed by atoms with Crippen molar-refractivity contribution >= 4 is 17.2 Å².